The number of hydrogen-bond donors (Lipinski definition) is 2. The van der Waals surface area contributed by atoms with Gasteiger partial charge in [-0.2, -0.15) is 0 Å². The minimum atomic E-state index is -0.846. The summed E-state index contributed by atoms with van der Waals surface area (Å²) in [7, 11) is 0. The van der Waals surface area contributed by atoms with Crippen LogP contribution in [0.3, 0.4) is 0 Å². The standard InChI is InChI=1S/C10H13F2NO/c1-7(14)5-13-6-8-2-3-9(11)10(12)4-8/h2-4,7,13-14H,5-6H2,1H3/t7-/m1/s1. The van der Waals surface area contributed by atoms with Gasteiger partial charge in [0.05, 0.1) is 6.10 Å². The number of aliphatic hydroxyl groups is 1. The van der Waals surface area contributed by atoms with E-state index in [0.29, 0.717) is 18.7 Å². The molecule has 1 atom stereocenters. The van der Waals surface area contributed by atoms with Gasteiger partial charge in [0.2, 0.25) is 0 Å². The van der Waals surface area contributed by atoms with E-state index in [4.69, 9.17) is 5.11 Å². The van der Waals surface area contributed by atoms with E-state index in [2.05, 4.69) is 5.32 Å². The average molecular weight is 201 g/mol. The minimum absolute atomic E-state index is 0.419. The molecular formula is C10H13F2NO. The van der Waals surface area contributed by atoms with Crippen molar-refractivity contribution >= 4 is 0 Å². The van der Waals surface area contributed by atoms with Crippen molar-refractivity contribution in [3.8, 4) is 0 Å². The molecule has 0 heterocycles. The molecule has 1 aromatic carbocycles. The Balaban J connectivity index is 2.47. The minimum Gasteiger partial charge on any atom is -0.392 e. The van der Waals surface area contributed by atoms with Crippen LogP contribution in [-0.4, -0.2) is 17.8 Å². The average Bonchev–Trinajstić information content (AvgIpc) is 2.10. The molecule has 0 unspecified atom stereocenters. The van der Waals surface area contributed by atoms with E-state index in [1.54, 1.807) is 6.92 Å². The summed E-state index contributed by atoms with van der Waals surface area (Å²) in [4.78, 5) is 0. The number of rotatable bonds is 4. The first kappa shape index (κ1) is 11.1. The molecule has 0 amide bonds. The number of benzene rings is 1. The van der Waals surface area contributed by atoms with Crippen LogP contribution in [0.15, 0.2) is 18.2 Å². The van der Waals surface area contributed by atoms with Gasteiger partial charge >= 0.3 is 0 Å². The maximum Gasteiger partial charge on any atom is 0.159 e. The van der Waals surface area contributed by atoms with E-state index in [9.17, 15) is 8.78 Å². The van der Waals surface area contributed by atoms with E-state index in [-0.39, 0.29) is 0 Å². The molecule has 0 bridgehead atoms. The SMILES string of the molecule is C[C@@H](O)CNCc1ccc(F)c(F)c1. The summed E-state index contributed by atoms with van der Waals surface area (Å²) in [6.45, 7) is 2.50. The molecule has 1 aromatic rings. The van der Waals surface area contributed by atoms with Crippen molar-refractivity contribution in [3.05, 3.63) is 35.4 Å². The predicted molar refractivity (Wildman–Crippen MR) is 49.7 cm³/mol. The third kappa shape index (κ3) is 3.40. The van der Waals surface area contributed by atoms with Gasteiger partial charge in [0.1, 0.15) is 0 Å². The van der Waals surface area contributed by atoms with E-state index < -0.39 is 17.7 Å². The molecule has 2 N–H and O–H groups in total. The third-order valence-electron chi connectivity index (χ3n) is 1.75. The summed E-state index contributed by atoms with van der Waals surface area (Å²) in [6, 6.07) is 3.74. The lowest BCUT2D eigenvalue weighted by molar-refractivity contribution is 0.191. The highest BCUT2D eigenvalue weighted by Crippen LogP contribution is 2.08. The smallest absolute Gasteiger partial charge is 0.159 e. The third-order valence-corrected chi connectivity index (χ3v) is 1.75. The number of nitrogens with one attached hydrogen (secondary N) is 1. The molecule has 0 radical (unpaired) electrons. The molecule has 0 saturated heterocycles. The summed E-state index contributed by atoms with van der Waals surface area (Å²) >= 11 is 0. The molecule has 0 aliphatic heterocycles. The monoisotopic (exact) mass is 201 g/mol. The molecule has 0 fully saturated rings. The van der Waals surface area contributed by atoms with Gasteiger partial charge in [0.25, 0.3) is 0 Å². The van der Waals surface area contributed by atoms with Gasteiger partial charge in [0, 0.05) is 13.1 Å². The quantitative estimate of drug-likeness (QED) is 0.772. The van der Waals surface area contributed by atoms with Gasteiger partial charge in [-0.3, -0.25) is 0 Å². The van der Waals surface area contributed by atoms with Crippen molar-refractivity contribution in [2.24, 2.45) is 0 Å². The second-order valence-corrected chi connectivity index (χ2v) is 3.23. The topological polar surface area (TPSA) is 32.3 Å². The lowest BCUT2D eigenvalue weighted by Gasteiger charge is -2.06. The molecule has 14 heavy (non-hydrogen) atoms. The van der Waals surface area contributed by atoms with Crippen LogP contribution in [0.5, 0.6) is 0 Å². The first-order valence-electron chi connectivity index (χ1n) is 4.42. The molecule has 0 aliphatic rings. The van der Waals surface area contributed by atoms with Gasteiger partial charge in [-0.15, -0.1) is 0 Å². The summed E-state index contributed by atoms with van der Waals surface area (Å²) in [6.07, 6.45) is -0.444. The predicted octanol–water partition coefficient (Wildman–Crippen LogP) is 1.44. The lowest BCUT2D eigenvalue weighted by atomic mass is 10.2. The van der Waals surface area contributed by atoms with E-state index in [1.807, 2.05) is 0 Å². The van der Waals surface area contributed by atoms with Gasteiger partial charge in [0.15, 0.2) is 11.6 Å². The maximum atomic E-state index is 12.7. The molecule has 2 nitrogen and oxygen atoms in total. The van der Waals surface area contributed by atoms with Crippen LogP contribution in [0.25, 0.3) is 0 Å². The fourth-order valence-corrected chi connectivity index (χ4v) is 1.07. The Hall–Kier alpha value is -1.00. The summed E-state index contributed by atoms with van der Waals surface area (Å²) in [5.74, 6) is -1.69. The van der Waals surface area contributed by atoms with Crippen molar-refractivity contribution < 1.29 is 13.9 Å². The highest BCUT2D eigenvalue weighted by atomic mass is 19.2. The van der Waals surface area contributed by atoms with Crippen LogP contribution in [0.4, 0.5) is 8.78 Å². The molecule has 0 spiro atoms. The second-order valence-electron chi connectivity index (χ2n) is 3.23. The second kappa shape index (κ2) is 5.02. The van der Waals surface area contributed by atoms with Crippen LogP contribution in [-0.2, 0) is 6.54 Å². The van der Waals surface area contributed by atoms with E-state index in [0.717, 1.165) is 12.1 Å². The number of aliphatic hydroxyl groups excluding tert-OH is 1. The van der Waals surface area contributed by atoms with Crippen LogP contribution in [0.2, 0.25) is 0 Å². The fourth-order valence-electron chi connectivity index (χ4n) is 1.07. The van der Waals surface area contributed by atoms with E-state index in [1.165, 1.54) is 6.07 Å². The molecule has 0 aliphatic carbocycles. The number of halogens is 2. The van der Waals surface area contributed by atoms with Crippen LogP contribution >= 0.6 is 0 Å². The largest absolute Gasteiger partial charge is 0.392 e. The molecular weight excluding hydrogens is 188 g/mol. The van der Waals surface area contributed by atoms with E-state index >= 15 is 0 Å². The summed E-state index contributed by atoms with van der Waals surface area (Å²) in [5, 5.41) is 11.8. The number of hydrogen-bond acceptors (Lipinski definition) is 2. The zero-order valence-electron chi connectivity index (χ0n) is 7.93. The Labute approximate surface area is 81.6 Å². The summed E-state index contributed by atoms with van der Waals surface area (Å²) in [5.41, 5.74) is 0.657. The molecule has 0 aromatic heterocycles. The zero-order chi connectivity index (χ0) is 10.6. The molecule has 1 rings (SSSR count). The summed E-state index contributed by atoms with van der Waals surface area (Å²) < 4.78 is 25.2. The first-order valence-corrected chi connectivity index (χ1v) is 4.42. The zero-order valence-corrected chi connectivity index (χ0v) is 7.93. The molecule has 4 heteroatoms. The maximum absolute atomic E-state index is 12.7. The fraction of sp³-hybridized carbons (Fsp3) is 0.400. The van der Waals surface area contributed by atoms with Gasteiger partial charge in [-0.1, -0.05) is 6.07 Å². The first-order chi connectivity index (χ1) is 6.59. The van der Waals surface area contributed by atoms with Crippen molar-refractivity contribution in [2.45, 2.75) is 19.6 Å². The molecule has 0 saturated carbocycles. The van der Waals surface area contributed by atoms with Crippen molar-refractivity contribution in [2.75, 3.05) is 6.54 Å². The Morgan fingerprint density at radius 2 is 2.07 bits per heavy atom. The van der Waals surface area contributed by atoms with Gasteiger partial charge < -0.3 is 10.4 Å². The van der Waals surface area contributed by atoms with Crippen LogP contribution in [0.1, 0.15) is 12.5 Å². The van der Waals surface area contributed by atoms with Crippen molar-refractivity contribution in [1.82, 2.24) is 5.32 Å². The lowest BCUT2D eigenvalue weighted by Crippen LogP contribution is -2.23. The van der Waals surface area contributed by atoms with Crippen LogP contribution < -0.4 is 5.32 Å². The van der Waals surface area contributed by atoms with Gasteiger partial charge in [-0.25, -0.2) is 8.78 Å². The highest BCUT2D eigenvalue weighted by Gasteiger charge is 2.02. The Bertz CT molecular complexity index is 302. The normalized spacial score (nSPS) is 12.9. The van der Waals surface area contributed by atoms with Crippen molar-refractivity contribution in [3.63, 3.8) is 0 Å². The molecule has 78 valence electrons. The Morgan fingerprint density at radius 1 is 1.36 bits per heavy atom. The highest BCUT2D eigenvalue weighted by molar-refractivity contribution is 5.17. The van der Waals surface area contributed by atoms with Gasteiger partial charge in [-0.05, 0) is 24.6 Å². The Morgan fingerprint density at radius 3 is 2.64 bits per heavy atom. The van der Waals surface area contributed by atoms with Crippen LogP contribution in [0, 0.1) is 11.6 Å². The van der Waals surface area contributed by atoms with Crippen molar-refractivity contribution in [1.29, 1.82) is 0 Å². The Kier molecular flexibility index (Phi) is 3.98.